The number of hydrogen-bond acceptors (Lipinski definition) is 10. The fourth-order valence-corrected chi connectivity index (χ4v) is 4.54. The Morgan fingerprint density at radius 1 is 0.725 bits per heavy atom. The van der Waals surface area contributed by atoms with E-state index >= 15 is 0 Å². The number of carbonyl (C=O) groups excluding carboxylic acids is 7. The Morgan fingerprint density at radius 2 is 1.25 bits per heavy atom. The van der Waals surface area contributed by atoms with Crippen LogP contribution >= 0.6 is 0 Å². The Balaban J connectivity index is 3.21. The molecule has 1 aromatic rings. The normalized spacial score (nSPS) is 15.0. The number of aliphatic hydroxyl groups excluding tert-OH is 1. The third kappa shape index (κ3) is 17.1. The number of ether oxygens (including phenoxy) is 2. The minimum atomic E-state index is -1.53. The van der Waals surface area contributed by atoms with Crippen LogP contribution in [0.15, 0.2) is 30.3 Å². The smallest absolute Gasteiger partial charge is 0.408 e. The summed E-state index contributed by atoms with van der Waals surface area (Å²) in [6, 6.07) is 1.97. The second-order valence-corrected chi connectivity index (χ2v) is 14.0. The first-order valence-electron chi connectivity index (χ1n) is 16.7. The van der Waals surface area contributed by atoms with Crippen molar-refractivity contribution in [3.63, 3.8) is 0 Å². The number of aliphatic hydroxyl groups is 1. The number of alkyl carbamates (subject to hydrolysis) is 1. The number of benzene rings is 1. The zero-order valence-corrected chi connectivity index (χ0v) is 30.6. The first kappa shape index (κ1) is 44.3. The minimum absolute atomic E-state index is 0.0987. The van der Waals surface area contributed by atoms with Gasteiger partial charge in [-0.1, -0.05) is 58.0 Å². The summed E-state index contributed by atoms with van der Waals surface area (Å²) in [6.45, 7) is 12.8. The van der Waals surface area contributed by atoms with Gasteiger partial charge in [0.15, 0.2) is 0 Å². The lowest BCUT2D eigenvalue weighted by atomic mass is 9.99. The molecule has 10 N–H and O–H groups in total. The highest BCUT2D eigenvalue weighted by molar-refractivity contribution is 5.97. The number of amides is 7. The van der Waals surface area contributed by atoms with E-state index < -0.39 is 95.8 Å². The van der Waals surface area contributed by atoms with Crippen LogP contribution in [0.1, 0.15) is 73.8 Å². The number of nitrogens with two attached hydrogens (primary N) is 2. The van der Waals surface area contributed by atoms with E-state index in [0.717, 1.165) is 0 Å². The minimum Gasteiger partial charge on any atom is -0.445 e. The maximum absolute atomic E-state index is 13.7. The van der Waals surface area contributed by atoms with Crippen LogP contribution in [0.25, 0.3) is 0 Å². The average molecular weight is 722 g/mol. The summed E-state index contributed by atoms with van der Waals surface area (Å²) >= 11 is 0. The number of nitrogens with one attached hydrogen (secondary N) is 5. The summed E-state index contributed by atoms with van der Waals surface area (Å²) in [5.74, 6) is -5.84. The quantitative estimate of drug-likeness (QED) is 0.0853. The van der Waals surface area contributed by atoms with Gasteiger partial charge in [0.2, 0.25) is 35.4 Å². The van der Waals surface area contributed by atoms with Gasteiger partial charge in [0, 0.05) is 0 Å². The third-order valence-electron chi connectivity index (χ3n) is 7.22. The molecule has 286 valence electrons. The van der Waals surface area contributed by atoms with Gasteiger partial charge in [-0.25, -0.2) is 4.79 Å². The highest BCUT2D eigenvalue weighted by Gasteiger charge is 2.35. The van der Waals surface area contributed by atoms with Crippen molar-refractivity contribution >= 4 is 41.5 Å². The molecule has 7 amide bonds. The monoisotopic (exact) mass is 721 g/mol. The molecule has 0 unspecified atom stereocenters. The highest BCUT2D eigenvalue weighted by Crippen LogP contribution is 2.11. The molecule has 0 aliphatic rings. The van der Waals surface area contributed by atoms with Gasteiger partial charge in [-0.05, 0) is 51.5 Å². The molecule has 0 aromatic heterocycles. The van der Waals surface area contributed by atoms with E-state index in [1.807, 2.05) is 0 Å². The van der Waals surface area contributed by atoms with Crippen molar-refractivity contribution in [3.05, 3.63) is 35.9 Å². The van der Waals surface area contributed by atoms with Crippen LogP contribution in [-0.4, -0.2) is 95.2 Å². The van der Waals surface area contributed by atoms with Gasteiger partial charge >= 0.3 is 6.09 Å². The maximum atomic E-state index is 13.7. The van der Waals surface area contributed by atoms with E-state index in [-0.39, 0.29) is 25.6 Å². The Morgan fingerprint density at radius 3 is 1.75 bits per heavy atom. The molecule has 17 heteroatoms. The fraction of sp³-hybridized carbons (Fsp3) is 0.618. The predicted octanol–water partition coefficient (Wildman–Crippen LogP) is -0.521. The molecule has 0 aliphatic heterocycles. The Bertz CT molecular complexity index is 1350. The van der Waals surface area contributed by atoms with Gasteiger partial charge in [-0.2, -0.15) is 0 Å². The van der Waals surface area contributed by atoms with Gasteiger partial charge in [0.25, 0.3) is 0 Å². The summed E-state index contributed by atoms with van der Waals surface area (Å²) in [4.78, 5) is 89.9. The van der Waals surface area contributed by atoms with Crippen LogP contribution in [0.3, 0.4) is 0 Å². The largest absolute Gasteiger partial charge is 0.445 e. The van der Waals surface area contributed by atoms with Gasteiger partial charge in [-0.15, -0.1) is 0 Å². The van der Waals surface area contributed by atoms with Crippen molar-refractivity contribution in [3.8, 4) is 0 Å². The predicted molar refractivity (Wildman–Crippen MR) is 186 cm³/mol. The second kappa shape index (κ2) is 20.8. The van der Waals surface area contributed by atoms with E-state index in [2.05, 4.69) is 26.6 Å². The molecule has 0 fully saturated rings. The van der Waals surface area contributed by atoms with Crippen molar-refractivity contribution in [1.29, 1.82) is 0 Å². The number of rotatable bonds is 20. The molecule has 17 nitrogen and oxygen atoms in total. The molecule has 1 rings (SSSR count). The SMILES string of the molecule is CC(C)C[C@H](NC(=O)[C@@H](NC(=O)[C@H](COC(C)(C)C)NC(=O)[C@H](CC(N)=O)NC(=O)OCc1ccccc1)C(C)C)C(=O)N[C@H](C(N)=O)[C@@H](C)O. The number of carbonyl (C=O) groups is 7. The van der Waals surface area contributed by atoms with E-state index in [9.17, 15) is 38.7 Å². The zero-order chi connectivity index (χ0) is 39.1. The molecule has 0 heterocycles. The molecular formula is C34H55N7O10. The van der Waals surface area contributed by atoms with Crippen LogP contribution in [0.4, 0.5) is 4.79 Å². The lowest BCUT2D eigenvalue weighted by molar-refractivity contribution is -0.137. The summed E-state index contributed by atoms with van der Waals surface area (Å²) in [6.07, 6.45) is -2.80. The molecule has 0 aliphatic carbocycles. The topological polar surface area (TPSA) is 270 Å². The van der Waals surface area contributed by atoms with Gasteiger partial charge in [0.1, 0.15) is 36.8 Å². The Kier molecular flexibility index (Phi) is 18.0. The van der Waals surface area contributed by atoms with Gasteiger partial charge < -0.3 is 52.6 Å². The molecule has 0 radical (unpaired) electrons. The average Bonchev–Trinajstić information content (AvgIpc) is 3.01. The van der Waals surface area contributed by atoms with E-state index in [4.69, 9.17) is 20.9 Å². The maximum Gasteiger partial charge on any atom is 0.408 e. The van der Waals surface area contributed by atoms with E-state index in [1.165, 1.54) is 6.92 Å². The first-order chi connectivity index (χ1) is 23.6. The van der Waals surface area contributed by atoms with Crippen LogP contribution in [0, 0.1) is 11.8 Å². The van der Waals surface area contributed by atoms with Crippen molar-refractivity contribution in [2.75, 3.05) is 6.61 Å². The number of hydrogen-bond donors (Lipinski definition) is 8. The van der Waals surface area contributed by atoms with Crippen molar-refractivity contribution in [1.82, 2.24) is 26.6 Å². The van der Waals surface area contributed by atoms with Gasteiger partial charge in [0.05, 0.1) is 24.7 Å². The lowest BCUT2D eigenvalue weighted by Gasteiger charge is -2.30. The first-order valence-corrected chi connectivity index (χ1v) is 16.7. The molecule has 6 atom stereocenters. The number of primary amides is 2. The Labute approximate surface area is 298 Å². The van der Waals surface area contributed by atoms with E-state index in [0.29, 0.717) is 5.56 Å². The molecule has 0 saturated heterocycles. The summed E-state index contributed by atoms with van der Waals surface area (Å²) in [7, 11) is 0. The van der Waals surface area contributed by atoms with Crippen molar-refractivity contribution < 1.29 is 48.1 Å². The summed E-state index contributed by atoms with van der Waals surface area (Å²) in [5, 5.41) is 22.2. The molecule has 0 spiro atoms. The van der Waals surface area contributed by atoms with Crippen LogP contribution in [0.2, 0.25) is 0 Å². The Hall–Kier alpha value is -4.77. The van der Waals surface area contributed by atoms with Crippen LogP contribution < -0.4 is 38.1 Å². The summed E-state index contributed by atoms with van der Waals surface area (Å²) < 4.78 is 10.9. The standard InChI is InChI=1S/C34H55N7O10/c1-18(2)14-22(30(46)41-27(20(5)42)28(36)44)37-32(48)26(19(3)4)40-31(47)24(17-51-34(6,7)8)38-29(45)23(15-25(35)43)39-33(49)50-16-21-12-10-9-11-13-21/h9-13,18-20,22-24,26-27,42H,14-17H2,1-8H3,(H2,35,43)(H2,36,44)(H,37,48)(H,38,45)(H,39,49)(H,40,47)(H,41,46)/t20-,22+,23+,24+,26+,27+/m1/s1. The third-order valence-corrected chi connectivity index (χ3v) is 7.22. The molecular weight excluding hydrogens is 666 g/mol. The van der Waals surface area contributed by atoms with Crippen molar-refractivity contribution in [2.24, 2.45) is 23.3 Å². The van der Waals surface area contributed by atoms with Gasteiger partial charge in [-0.3, -0.25) is 28.8 Å². The molecule has 51 heavy (non-hydrogen) atoms. The van der Waals surface area contributed by atoms with Crippen LogP contribution in [-0.2, 0) is 44.8 Å². The molecule has 1 aromatic carbocycles. The fourth-order valence-electron chi connectivity index (χ4n) is 4.54. The van der Waals surface area contributed by atoms with Crippen LogP contribution in [0.5, 0.6) is 0 Å². The molecule has 0 bridgehead atoms. The second-order valence-electron chi connectivity index (χ2n) is 14.0. The zero-order valence-electron chi connectivity index (χ0n) is 30.6. The lowest BCUT2D eigenvalue weighted by Crippen LogP contribution is -2.61. The van der Waals surface area contributed by atoms with E-state index in [1.54, 1.807) is 78.8 Å². The molecule has 0 saturated carbocycles. The highest BCUT2D eigenvalue weighted by atomic mass is 16.5. The van der Waals surface area contributed by atoms with Crippen molar-refractivity contribution in [2.45, 2.75) is 117 Å². The summed E-state index contributed by atoms with van der Waals surface area (Å²) in [5.41, 5.74) is 10.6.